The fourth-order valence-electron chi connectivity index (χ4n) is 8.69. The Kier molecular flexibility index (Phi) is 7.31. The van der Waals surface area contributed by atoms with Crippen molar-refractivity contribution < 1.29 is 8.83 Å². The zero-order valence-electron chi connectivity index (χ0n) is 32.2. The van der Waals surface area contributed by atoms with E-state index in [0.717, 1.165) is 104 Å². The van der Waals surface area contributed by atoms with E-state index < -0.39 is 0 Å². The smallest absolute Gasteiger partial charge is 0.255 e. The minimum atomic E-state index is 0.454. The highest BCUT2D eigenvalue weighted by Crippen LogP contribution is 2.43. The summed E-state index contributed by atoms with van der Waals surface area (Å²) in [6.45, 7) is 0. The van der Waals surface area contributed by atoms with Gasteiger partial charge in [0.25, 0.3) is 5.95 Å². The lowest BCUT2D eigenvalue weighted by molar-refractivity contribution is 0.668. The number of hydrogen-bond donors (Lipinski definition) is 0. The van der Waals surface area contributed by atoms with Crippen molar-refractivity contribution in [3.05, 3.63) is 182 Å². The average molecular weight is 803 g/mol. The Morgan fingerprint density at radius 2 is 0.918 bits per heavy atom. The van der Waals surface area contributed by atoms with Gasteiger partial charge in [-0.25, -0.2) is 4.98 Å². The van der Waals surface area contributed by atoms with Crippen LogP contribution in [0.2, 0.25) is 0 Å². The molecule has 0 unspecified atom stereocenters. The molecule has 13 rings (SSSR count). The maximum atomic E-state index is 6.37. The Balaban J connectivity index is 0.961. The van der Waals surface area contributed by atoms with E-state index in [0.29, 0.717) is 11.5 Å². The standard InChI is InChI=1S/C52H30N6O2S/c1-3-11-33-25-35(19-17-31(33)9-1)57(37-21-23-41-39-13-5-7-15-44(39)59-46(41)27-37)49-29-48-43(30-53-49)50-51(61-48)54-52(56-55-50)58(36-20-18-32-10-2-4-12-34(32)26-36)38-22-24-42-40-14-6-8-16-45(40)60-47(42)28-38/h1-30H. The van der Waals surface area contributed by atoms with E-state index in [9.17, 15) is 0 Å². The number of hydrogen-bond acceptors (Lipinski definition) is 9. The topological polar surface area (TPSA) is 84.3 Å². The molecule has 0 aliphatic rings. The molecule has 8 aromatic carbocycles. The minimum absolute atomic E-state index is 0.454. The summed E-state index contributed by atoms with van der Waals surface area (Å²) < 4.78 is 13.7. The zero-order chi connectivity index (χ0) is 40.0. The lowest BCUT2D eigenvalue weighted by atomic mass is 10.1. The Labute approximate surface area is 351 Å². The van der Waals surface area contributed by atoms with Gasteiger partial charge in [-0.05, 0) is 88.3 Å². The molecule has 0 saturated carbocycles. The highest BCUT2D eigenvalue weighted by Gasteiger charge is 2.23. The number of nitrogens with zero attached hydrogens (tertiary/aromatic N) is 6. The third-order valence-electron chi connectivity index (χ3n) is 11.6. The van der Waals surface area contributed by atoms with Crippen molar-refractivity contribution >= 4 is 132 Å². The van der Waals surface area contributed by atoms with Crippen LogP contribution in [0.1, 0.15) is 0 Å². The number of fused-ring (bicyclic) bond motifs is 11. The van der Waals surface area contributed by atoms with Crippen molar-refractivity contribution in [1.29, 1.82) is 0 Å². The molecule has 13 aromatic rings. The summed E-state index contributed by atoms with van der Waals surface area (Å²) in [5.41, 5.74) is 7.70. The lowest BCUT2D eigenvalue weighted by Crippen LogP contribution is -2.14. The Morgan fingerprint density at radius 1 is 0.410 bits per heavy atom. The Bertz CT molecular complexity index is 3640. The van der Waals surface area contributed by atoms with Crippen molar-refractivity contribution in [2.75, 3.05) is 9.80 Å². The molecule has 0 spiro atoms. The van der Waals surface area contributed by atoms with E-state index in [1.54, 1.807) is 11.3 Å². The molecule has 0 radical (unpaired) electrons. The van der Waals surface area contributed by atoms with Gasteiger partial charge >= 0.3 is 0 Å². The van der Waals surface area contributed by atoms with Crippen LogP contribution in [-0.2, 0) is 0 Å². The number of para-hydroxylation sites is 2. The van der Waals surface area contributed by atoms with Crippen LogP contribution >= 0.6 is 11.3 Å². The van der Waals surface area contributed by atoms with E-state index in [4.69, 9.17) is 29.0 Å². The molecule has 8 nitrogen and oxygen atoms in total. The summed E-state index contributed by atoms with van der Waals surface area (Å²) in [5.74, 6) is 1.21. The van der Waals surface area contributed by atoms with Gasteiger partial charge in [-0.1, -0.05) is 97.1 Å². The molecule has 0 bridgehead atoms. The molecule has 61 heavy (non-hydrogen) atoms. The first-order valence-corrected chi connectivity index (χ1v) is 20.8. The van der Waals surface area contributed by atoms with Crippen LogP contribution in [0.15, 0.2) is 191 Å². The summed E-state index contributed by atoms with van der Waals surface area (Å²) >= 11 is 1.58. The molecule has 5 heterocycles. The predicted molar refractivity (Wildman–Crippen MR) is 249 cm³/mol. The molecular weight excluding hydrogens is 773 g/mol. The number of benzene rings is 8. The first-order valence-electron chi connectivity index (χ1n) is 20.0. The number of aromatic nitrogens is 4. The number of pyridine rings is 1. The second kappa shape index (κ2) is 13.2. The van der Waals surface area contributed by atoms with Gasteiger partial charge in [0, 0.05) is 61.3 Å². The maximum absolute atomic E-state index is 6.37. The van der Waals surface area contributed by atoms with Gasteiger partial charge in [0.2, 0.25) is 0 Å². The normalized spacial score (nSPS) is 11.9. The van der Waals surface area contributed by atoms with Crippen LogP contribution < -0.4 is 9.80 Å². The molecule has 0 aliphatic carbocycles. The third-order valence-corrected chi connectivity index (χ3v) is 12.6. The molecule has 286 valence electrons. The lowest BCUT2D eigenvalue weighted by Gasteiger charge is -2.24. The quantitative estimate of drug-likeness (QED) is 0.164. The summed E-state index contributed by atoms with van der Waals surface area (Å²) in [6, 6.07) is 60.7. The summed E-state index contributed by atoms with van der Waals surface area (Å²) in [5, 5.41) is 19.4. The number of thiophene rings is 1. The van der Waals surface area contributed by atoms with E-state index in [1.165, 1.54) is 5.39 Å². The molecule has 5 aromatic heterocycles. The van der Waals surface area contributed by atoms with E-state index >= 15 is 0 Å². The van der Waals surface area contributed by atoms with Crippen molar-refractivity contribution in [2.24, 2.45) is 0 Å². The summed E-state index contributed by atoms with van der Waals surface area (Å²) in [4.78, 5) is 15.3. The second-order valence-corrected chi connectivity index (χ2v) is 16.2. The molecular formula is C52H30N6O2S. The largest absolute Gasteiger partial charge is 0.456 e. The fourth-order valence-corrected chi connectivity index (χ4v) is 9.69. The zero-order valence-corrected chi connectivity index (χ0v) is 33.0. The van der Waals surface area contributed by atoms with Gasteiger partial charge in [0.1, 0.15) is 38.5 Å². The van der Waals surface area contributed by atoms with Crippen LogP contribution in [0.3, 0.4) is 0 Å². The monoisotopic (exact) mass is 802 g/mol. The molecule has 0 N–H and O–H groups in total. The van der Waals surface area contributed by atoms with Crippen LogP contribution in [0.25, 0.3) is 85.9 Å². The molecule has 0 fully saturated rings. The first kappa shape index (κ1) is 33.8. The number of furan rings is 2. The Hall–Kier alpha value is -8.14. The highest BCUT2D eigenvalue weighted by molar-refractivity contribution is 7.25. The highest BCUT2D eigenvalue weighted by atomic mass is 32.1. The number of rotatable bonds is 6. The fraction of sp³-hybridized carbons (Fsp3) is 0. The molecule has 9 heteroatoms. The molecule has 0 atom stereocenters. The van der Waals surface area contributed by atoms with Crippen LogP contribution in [0.4, 0.5) is 34.5 Å². The second-order valence-electron chi connectivity index (χ2n) is 15.2. The van der Waals surface area contributed by atoms with Crippen molar-refractivity contribution in [3.63, 3.8) is 0 Å². The van der Waals surface area contributed by atoms with Crippen molar-refractivity contribution in [3.8, 4) is 0 Å². The predicted octanol–water partition coefficient (Wildman–Crippen LogP) is 14.7. The van der Waals surface area contributed by atoms with Gasteiger partial charge in [0.05, 0.1) is 11.4 Å². The molecule has 0 amide bonds. The van der Waals surface area contributed by atoms with Gasteiger partial charge in [0.15, 0.2) is 0 Å². The third kappa shape index (κ3) is 5.45. The van der Waals surface area contributed by atoms with Gasteiger partial charge < -0.3 is 8.83 Å². The first-order chi connectivity index (χ1) is 30.2. The van der Waals surface area contributed by atoms with Crippen LogP contribution in [-0.4, -0.2) is 20.2 Å². The van der Waals surface area contributed by atoms with Gasteiger partial charge in [-0.2, -0.15) is 4.98 Å². The van der Waals surface area contributed by atoms with E-state index in [1.807, 2.05) is 42.6 Å². The minimum Gasteiger partial charge on any atom is -0.456 e. The Morgan fingerprint density at radius 3 is 1.56 bits per heavy atom. The SMILES string of the molecule is c1ccc2cc(N(c3ccc4c(c3)oc3ccccc34)c3cc4sc5nc(N(c6ccc7ccccc7c6)c6ccc7c(c6)oc6ccccc67)nnc5c4cn3)ccc2c1. The van der Waals surface area contributed by atoms with E-state index in [2.05, 4.69) is 149 Å². The van der Waals surface area contributed by atoms with E-state index in [-0.39, 0.29) is 0 Å². The van der Waals surface area contributed by atoms with Crippen LogP contribution in [0.5, 0.6) is 0 Å². The maximum Gasteiger partial charge on any atom is 0.255 e. The van der Waals surface area contributed by atoms with Gasteiger partial charge in [-0.15, -0.1) is 21.5 Å². The van der Waals surface area contributed by atoms with Crippen molar-refractivity contribution in [1.82, 2.24) is 20.2 Å². The summed E-state index contributed by atoms with van der Waals surface area (Å²) in [6.07, 6.45) is 1.89. The van der Waals surface area contributed by atoms with Gasteiger partial charge in [-0.3, -0.25) is 9.80 Å². The molecule has 0 aliphatic heterocycles. The van der Waals surface area contributed by atoms with Crippen LogP contribution in [0, 0.1) is 0 Å². The number of anilines is 6. The van der Waals surface area contributed by atoms with Crippen molar-refractivity contribution in [2.45, 2.75) is 0 Å². The summed E-state index contributed by atoms with van der Waals surface area (Å²) in [7, 11) is 0. The molecule has 0 saturated heterocycles. The average Bonchev–Trinajstić information content (AvgIpc) is 3.99.